The molecule has 0 aliphatic carbocycles. The van der Waals surface area contributed by atoms with Crippen molar-refractivity contribution >= 4 is 28.2 Å². The molecule has 60 valence electrons. The van der Waals surface area contributed by atoms with E-state index in [-0.39, 0.29) is 11.9 Å². The van der Waals surface area contributed by atoms with E-state index < -0.39 is 0 Å². The Morgan fingerprint density at radius 2 is 2.45 bits per heavy atom. The van der Waals surface area contributed by atoms with Gasteiger partial charge >= 0.3 is 5.97 Å². The van der Waals surface area contributed by atoms with E-state index in [1.807, 2.05) is 0 Å². The van der Waals surface area contributed by atoms with Crippen LogP contribution in [-0.2, 0) is 14.3 Å². The first-order valence-electron chi connectivity index (χ1n) is 3.20. The largest absolute Gasteiger partial charge is 0.462 e. The van der Waals surface area contributed by atoms with Gasteiger partial charge in [0, 0.05) is 12.3 Å². The Morgan fingerprint density at radius 3 is 3.00 bits per heavy atom. The molecule has 11 heavy (non-hydrogen) atoms. The highest BCUT2D eigenvalue weighted by Crippen LogP contribution is 2.24. The number of rotatable bonds is 2. The molecule has 0 N–H and O–H groups in total. The molecule has 3 nitrogen and oxygen atoms in total. The topological polar surface area (TPSA) is 43.4 Å². The summed E-state index contributed by atoms with van der Waals surface area (Å²) >= 11 is 3.05. The molecular weight excluding hydrogens is 212 g/mol. The fourth-order valence-corrected chi connectivity index (χ4v) is 1.52. The molecule has 1 atom stereocenters. The Hall–Kier alpha value is -0.640. The van der Waals surface area contributed by atoms with Gasteiger partial charge in [0.1, 0.15) is 6.29 Å². The Morgan fingerprint density at radius 1 is 1.73 bits per heavy atom. The van der Waals surface area contributed by atoms with Gasteiger partial charge in [-0.25, -0.2) is 4.79 Å². The van der Waals surface area contributed by atoms with Crippen molar-refractivity contribution in [2.75, 3.05) is 6.61 Å². The quantitative estimate of drug-likeness (QED) is 0.395. The molecule has 4 heteroatoms. The van der Waals surface area contributed by atoms with Crippen LogP contribution in [0, 0.1) is 5.92 Å². The van der Waals surface area contributed by atoms with E-state index in [2.05, 4.69) is 15.9 Å². The van der Waals surface area contributed by atoms with Gasteiger partial charge in [0.2, 0.25) is 0 Å². The Labute approximate surface area is 72.5 Å². The molecule has 0 radical (unpaired) electrons. The Kier molecular flexibility index (Phi) is 2.82. The van der Waals surface area contributed by atoms with Crippen molar-refractivity contribution in [3.63, 3.8) is 0 Å². The van der Waals surface area contributed by atoms with Crippen LogP contribution in [0.5, 0.6) is 0 Å². The second-order valence-corrected chi connectivity index (χ2v) is 2.72. The first kappa shape index (κ1) is 8.46. The summed E-state index contributed by atoms with van der Waals surface area (Å²) in [6.45, 7) is 0.328. The first-order valence-corrected chi connectivity index (χ1v) is 4.12. The summed E-state index contributed by atoms with van der Waals surface area (Å²) in [5.41, 5.74) is 0.553. The summed E-state index contributed by atoms with van der Waals surface area (Å²) in [5.74, 6) is -0.381. The number of ether oxygens (including phenoxy) is 1. The Balaban J connectivity index is 2.69. The lowest BCUT2D eigenvalue weighted by Gasteiger charge is -1.98. The average molecular weight is 219 g/mol. The lowest BCUT2D eigenvalue weighted by molar-refractivity contribution is -0.135. The van der Waals surface area contributed by atoms with Crippen LogP contribution < -0.4 is 0 Å². The maximum Gasteiger partial charge on any atom is 0.334 e. The minimum absolute atomic E-state index is 0.0561. The minimum atomic E-state index is -0.325. The summed E-state index contributed by atoms with van der Waals surface area (Å²) in [6, 6.07) is 0. The maximum atomic E-state index is 10.9. The average Bonchev–Trinajstić information content (AvgIpc) is 2.33. The standard InChI is InChI=1S/C7H7BrO3/c8-3-6-5(1-2-9)4-11-7(6)10/h2-3,5H,1,4H2/b6-3-. The van der Waals surface area contributed by atoms with E-state index in [1.54, 1.807) is 0 Å². The van der Waals surface area contributed by atoms with Gasteiger partial charge in [-0.1, -0.05) is 15.9 Å². The molecule has 1 aliphatic heterocycles. The number of aldehydes is 1. The summed E-state index contributed by atoms with van der Waals surface area (Å²) in [6.07, 6.45) is 1.15. The molecule has 0 spiro atoms. The van der Waals surface area contributed by atoms with Gasteiger partial charge in [-0.05, 0) is 4.99 Å². The number of halogens is 1. The number of hydrogen-bond acceptors (Lipinski definition) is 3. The molecule has 1 heterocycles. The molecule has 1 aliphatic rings. The van der Waals surface area contributed by atoms with E-state index in [4.69, 9.17) is 4.74 Å². The lowest BCUT2D eigenvalue weighted by atomic mass is 10.0. The van der Waals surface area contributed by atoms with Crippen molar-refractivity contribution in [1.29, 1.82) is 0 Å². The van der Waals surface area contributed by atoms with Crippen molar-refractivity contribution in [2.24, 2.45) is 5.92 Å². The molecule has 1 rings (SSSR count). The smallest absolute Gasteiger partial charge is 0.334 e. The zero-order valence-electron chi connectivity index (χ0n) is 5.75. The zero-order valence-corrected chi connectivity index (χ0v) is 7.33. The van der Waals surface area contributed by atoms with Crippen molar-refractivity contribution in [2.45, 2.75) is 6.42 Å². The molecule has 0 saturated carbocycles. The number of carbonyl (C=O) groups is 2. The molecule has 0 amide bonds. The molecule has 1 fully saturated rings. The highest BCUT2D eigenvalue weighted by molar-refractivity contribution is 9.11. The van der Waals surface area contributed by atoms with Crippen molar-refractivity contribution in [1.82, 2.24) is 0 Å². The number of hydrogen-bond donors (Lipinski definition) is 0. The molecule has 0 aromatic heterocycles. The van der Waals surface area contributed by atoms with Gasteiger partial charge in [-0.2, -0.15) is 0 Å². The molecule has 1 unspecified atom stereocenters. The number of carbonyl (C=O) groups excluding carboxylic acids is 2. The number of esters is 1. The van der Waals surface area contributed by atoms with E-state index in [0.29, 0.717) is 18.6 Å². The third-order valence-corrected chi connectivity index (χ3v) is 2.08. The summed E-state index contributed by atoms with van der Waals surface area (Å²) in [7, 11) is 0. The van der Waals surface area contributed by atoms with Gasteiger partial charge < -0.3 is 9.53 Å². The fourth-order valence-electron chi connectivity index (χ4n) is 0.961. The van der Waals surface area contributed by atoms with E-state index in [9.17, 15) is 9.59 Å². The van der Waals surface area contributed by atoms with Gasteiger partial charge in [0.05, 0.1) is 12.2 Å². The predicted molar refractivity (Wildman–Crippen MR) is 42.1 cm³/mol. The van der Waals surface area contributed by atoms with Crippen LogP contribution in [0.2, 0.25) is 0 Å². The predicted octanol–water partition coefficient (Wildman–Crippen LogP) is 1.03. The summed E-state index contributed by atoms with van der Waals surface area (Å²) in [5, 5.41) is 0. The highest BCUT2D eigenvalue weighted by atomic mass is 79.9. The van der Waals surface area contributed by atoms with E-state index in [0.717, 1.165) is 6.29 Å². The van der Waals surface area contributed by atoms with Crippen molar-refractivity contribution in [3.05, 3.63) is 10.6 Å². The van der Waals surface area contributed by atoms with Crippen LogP contribution in [0.1, 0.15) is 6.42 Å². The van der Waals surface area contributed by atoms with Gasteiger partial charge in [0.25, 0.3) is 0 Å². The molecular formula is C7H7BrO3. The molecule has 1 saturated heterocycles. The third kappa shape index (κ3) is 1.68. The second kappa shape index (κ2) is 3.67. The van der Waals surface area contributed by atoms with Crippen molar-refractivity contribution < 1.29 is 14.3 Å². The van der Waals surface area contributed by atoms with E-state index >= 15 is 0 Å². The zero-order chi connectivity index (χ0) is 8.27. The maximum absolute atomic E-state index is 10.9. The van der Waals surface area contributed by atoms with Gasteiger partial charge in [-0.15, -0.1) is 0 Å². The normalized spacial score (nSPS) is 27.2. The fraction of sp³-hybridized carbons (Fsp3) is 0.429. The number of cyclic esters (lactones) is 1. The Bertz CT molecular complexity index is 210. The lowest BCUT2D eigenvalue weighted by Crippen LogP contribution is -2.03. The molecule has 0 aromatic rings. The van der Waals surface area contributed by atoms with E-state index in [1.165, 1.54) is 4.99 Å². The highest BCUT2D eigenvalue weighted by Gasteiger charge is 2.29. The molecule has 0 aromatic carbocycles. The van der Waals surface area contributed by atoms with Crippen LogP contribution in [0.15, 0.2) is 10.6 Å². The second-order valence-electron chi connectivity index (χ2n) is 2.26. The summed E-state index contributed by atoms with van der Waals surface area (Å²) < 4.78 is 4.73. The van der Waals surface area contributed by atoms with Crippen LogP contribution in [0.25, 0.3) is 0 Å². The SMILES string of the molecule is O=CCC1COC(=O)/C1=C\Br. The van der Waals surface area contributed by atoms with Crippen LogP contribution in [0.4, 0.5) is 0 Å². The van der Waals surface area contributed by atoms with Gasteiger partial charge in [0.15, 0.2) is 0 Å². The monoisotopic (exact) mass is 218 g/mol. The van der Waals surface area contributed by atoms with Crippen LogP contribution in [-0.4, -0.2) is 18.9 Å². The molecule has 0 bridgehead atoms. The van der Waals surface area contributed by atoms with Gasteiger partial charge in [-0.3, -0.25) is 0 Å². The minimum Gasteiger partial charge on any atom is -0.462 e. The van der Waals surface area contributed by atoms with Crippen LogP contribution in [0.3, 0.4) is 0 Å². The third-order valence-electron chi connectivity index (χ3n) is 1.59. The summed E-state index contributed by atoms with van der Waals surface area (Å²) in [4.78, 5) is 22.5. The van der Waals surface area contributed by atoms with Crippen molar-refractivity contribution in [3.8, 4) is 0 Å². The van der Waals surface area contributed by atoms with Crippen LogP contribution >= 0.6 is 15.9 Å². The first-order chi connectivity index (χ1) is 5.29.